The molecular formula is C14H22N2OS. The van der Waals surface area contributed by atoms with Crippen molar-refractivity contribution in [2.24, 2.45) is 11.1 Å². The summed E-state index contributed by atoms with van der Waals surface area (Å²) in [6, 6.07) is 2.14. The predicted molar refractivity (Wildman–Crippen MR) is 75.5 cm³/mol. The van der Waals surface area contributed by atoms with Crippen LogP contribution in [0.4, 0.5) is 0 Å². The van der Waals surface area contributed by atoms with E-state index in [0.29, 0.717) is 6.54 Å². The van der Waals surface area contributed by atoms with E-state index < -0.39 is 0 Å². The number of hydrogen-bond acceptors (Lipinski definition) is 3. The highest BCUT2D eigenvalue weighted by Crippen LogP contribution is 2.36. The van der Waals surface area contributed by atoms with Crippen LogP contribution in [-0.2, 0) is 17.8 Å². The second-order valence-electron chi connectivity index (χ2n) is 5.32. The maximum atomic E-state index is 12.3. The molecule has 1 aromatic rings. The molecule has 0 bridgehead atoms. The van der Waals surface area contributed by atoms with Crippen molar-refractivity contribution in [2.45, 2.75) is 52.1 Å². The SMILES string of the molecule is CCc1ccsc1CNC(=O)C1(C)CCCC1N. The Bertz CT molecular complexity index is 429. The highest BCUT2D eigenvalue weighted by atomic mass is 32.1. The predicted octanol–water partition coefficient (Wildman–Crippen LogP) is 2.44. The maximum absolute atomic E-state index is 12.3. The lowest BCUT2D eigenvalue weighted by atomic mass is 9.84. The average molecular weight is 266 g/mol. The van der Waals surface area contributed by atoms with Crippen molar-refractivity contribution in [3.8, 4) is 0 Å². The van der Waals surface area contributed by atoms with Crippen molar-refractivity contribution in [3.63, 3.8) is 0 Å². The molecule has 1 aromatic heterocycles. The van der Waals surface area contributed by atoms with Crippen LogP contribution in [0.3, 0.4) is 0 Å². The minimum atomic E-state index is -0.371. The van der Waals surface area contributed by atoms with Crippen LogP contribution in [0.15, 0.2) is 11.4 Å². The van der Waals surface area contributed by atoms with Crippen molar-refractivity contribution in [2.75, 3.05) is 0 Å². The molecule has 1 saturated carbocycles. The first-order valence-electron chi connectivity index (χ1n) is 6.67. The Kier molecular flexibility index (Phi) is 4.07. The molecule has 2 unspecified atom stereocenters. The molecule has 2 rings (SSSR count). The van der Waals surface area contributed by atoms with E-state index in [1.54, 1.807) is 11.3 Å². The molecule has 3 nitrogen and oxygen atoms in total. The fourth-order valence-electron chi connectivity index (χ4n) is 2.67. The minimum Gasteiger partial charge on any atom is -0.351 e. The van der Waals surface area contributed by atoms with Gasteiger partial charge in [0.15, 0.2) is 0 Å². The number of carbonyl (C=O) groups excluding carboxylic acids is 1. The van der Waals surface area contributed by atoms with Gasteiger partial charge in [0.1, 0.15) is 0 Å². The Morgan fingerprint density at radius 3 is 3.06 bits per heavy atom. The van der Waals surface area contributed by atoms with E-state index in [1.807, 2.05) is 6.92 Å². The van der Waals surface area contributed by atoms with Gasteiger partial charge < -0.3 is 11.1 Å². The zero-order valence-electron chi connectivity index (χ0n) is 11.2. The van der Waals surface area contributed by atoms with Crippen LogP contribution in [0.25, 0.3) is 0 Å². The zero-order valence-corrected chi connectivity index (χ0v) is 12.0. The van der Waals surface area contributed by atoms with E-state index in [-0.39, 0.29) is 17.4 Å². The van der Waals surface area contributed by atoms with Gasteiger partial charge in [-0.1, -0.05) is 13.3 Å². The van der Waals surface area contributed by atoms with Gasteiger partial charge in [-0.2, -0.15) is 0 Å². The fraction of sp³-hybridized carbons (Fsp3) is 0.643. The summed E-state index contributed by atoms with van der Waals surface area (Å²) in [4.78, 5) is 13.6. The molecule has 1 fully saturated rings. The van der Waals surface area contributed by atoms with E-state index in [0.717, 1.165) is 25.7 Å². The molecule has 1 amide bonds. The van der Waals surface area contributed by atoms with E-state index in [9.17, 15) is 4.79 Å². The van der Waals surface area contributed by atoms with Crippen LogP contribution < -0.4 is 11.1 Å². The summed E-state index contributed by atoms with van der Waals surface area (Å²) >= 11 is 1.71. The number of nitrogens with one attached hydrogen (secondary N) is 1. The fourth-order valence-corrected chi connectivity index (χ4v) is 3.59. The summed E-state index contributed by atoms with van der Waals surface area (Å²) in [6.45, 7) is 4.78. The van der Waals surface area contributed by atoms with Crippen molar-refractivity contribution in [3.05, 3.63) is 21.9 Å². The monoisotopic (exact) mass is 266 g/mol. The van der Waals surface area contributed by atoms with Crippen molar-refractivity contribution in [1.82, 2.24) is 5.32 Å². The van der Waals surface area contributed by atoms with Gasteiger partial charge in [-0.3, -0.25) is 4.79 Å². The molecule has 18 heavy (non-hydrogen) atoms. The molecule has 0 radical (unpaired) electrons. The summed E-state index contributed by atoms with van der Waals surface area (Å²) in [6.07, 6.45) is 3.95. The lowest BCUT2D eigenvalue weighted by Gasteiger charge is -2.27. The minimum absolute atomic E-state index is 0.00600. The average Bonchev–Trinajstić information content (AvgIpc) is 2.94. The molecule has 3 N–H and O–H groups in total. The Morgan fingerprint density at radius 2 is 2.44 bits per heavy atom. The third-order valence-corrected chi connectivity index (χ3v) is 5.14. The molecule has 100 valence electrons. The first kappa shape index (κ1) is 13.6. The second kappa shape index (κ2) is 5.41. The third-order valence-electron chi connectivity index (χ3n) is 4.18. The largest absolute Gasteiger partial charge is 0.351 e. The Morgan fingerprint density at radius 1 is 1.67 bits per heavy atom. The van der Waals surface area contributed by atoms with Crippen LogP contribution in [0.1, 0.15) is 43.6 Å². The number of rotatable bonds is 4. The Hall–Kier alpha value is -0.870. The van der Waals surface area contributed by atoms with Gasteiger partial charge in [-0.15, -0.1) is 11.3 Å². The standard InChI is InChI=1S/C14H22N2OS/c1-3-10-6-8-18-11(10)9-16-13(17)14(2)7-4-5-12(14)15/h6,8,12H,3-5,7,9,15H2,1-2H3,(H,16,17). The van der Waals surface area contributed by atoms with Gasteiger partial charge in [0, 0.05) is 10.9 Å². The maximum Gasteiger partial charge on any atom is 0.227 e. The van der Waals surface area contributed by atoms with Crippen molar-refractivity contribution >= 4 is 17.2 Å². The summed E-state index contributed by atoms with van der Waals surface area (Å²) < 4.78 is 0. The van der Waals surface area contributed by atoms with E-state index >= 15 is 0 Å². The van der Waals surface area contributed by atoms with E-state index in [4.69, 9.17) is 5.73 Å². The lowest BCUT2D eigenvalue weighted by molar-refractivity contribution is -0.130. The van der Waals surface area contributed by atoms with Crippen LogP contribution >= 0.6 is 11.3 Å². The van der Waals surface area contributed by atoms with Crippen LogP contribution in [0.5, 0.6) is 0 Å². The summed E-state index contributed by atoms with van der Waals surface area (Å²) in [5.74, 6) is 0.114. The molecule has 0 aliphatic heterocycles. The number of carbonyl (C=O) groups is 1. The summed E-state index contributed by atoms with van der Waals surface area (Å²) in [5, 5.41) is 5.15. The molecule has 0 spiro atoms. The second-order valence-corrected chi connectivity index (χ2v) is 6.32. The van der Waals surface area contributed by atoms with Gasteiger partial charge in [0.25, 0.3) is 0 Å². The van der Waals surface area contributed by atoms with E-state index in [2.05, 4.69) is 23.7 Å². The molecule has 0 saturated heterocycles. The molecule has 1 aliphatic rings. The molecule has 4 heteroatoms. The Labute approximate surface area is 113 Å². The number of nitrogens with two attached hydrogens (primary N) is 1. The van der Waals surface area contributed by atoms with Gasteiger partial charge in [-0.05, 0) is 43.2 Å². The highest BCUT2D eigenvalue weighted by molar-refractivity contribution is 7.10. The number of amides is 1. The van der Waals surface area contributed by atoms with Crippen molar-refractivity contribution in [1.29, 1.82) is 0 Å². The third kappa shape index (κ3) is 2.45. The van der Waals surface area contributed by atoms with Gasteiger partial charge >= 0.3 is 0 Å². The van der Waals surface area contributed by atoms with Gasteiger partial charge in [0.2, 0.25) is 5.91 Å². The molecule has 1 aliphatic carbocycles. The Balaban J connectivity index is 1.96. The first-order valence-corrected chi connectivity index (χ1v) is 7.55. The normalized spacial score (nSPS) is 27.4. The first-order chi connectivity index (χ1) is 8.58. The molecule has 2 atom stereocenters. The molecule has 0 aromatic carbocycles. The summed E-state index contributed by atoms with van der Waals surface area (Å²) in [5.41, 5.74) is 7.02. The van der Waals surface area contributed by atoms with E-state index in [1.165, 1.54) is 10.4 Å². The van der Waals surface area contributed by atoms with Crippen molar-refractivity contribution < 1.29 is 4.79 Å². The number of hydrogen-bond donors (Lipinski definition) is 2. The summed E-state index contributed by atoms with van der Waals surface area (Å²) in [7, 11) is 0. The number of aryl methyl sites for hydroxylation is 1. The van der Waals surface area contributed by atoms with Crippen LogP contribution in [0, 0.1) is 5.41 Å². The quantitative estimate of drug-likeness (QED) is 0.879. The van der Waals surface area contributed by atoms with Crippen LogP contribution in [-0.4, -0.2) is 11.9 Å². The van der Waals surface area contributed by atoms with Gasteiger partial charge in [0.05, 0.1) is 12.0 Å². The molecular weight excluding hydrogens is 244 g/mol. The number of thiophene rings is 1. The molecule has 1 heterocycles. The highest BCUT2D eigenvalue weighted by Gasteiger charge is 2.42. The van der Waals surface area contributed by atoms with Crippen LogP contribution in [0.2, 0.25) is 0 Å². The zero-order chi connectivity index (χ0) is 13.2. The smallest absolute Gasteiger partial charge is 0.227 e. The topological polar surface area (TPSA) is 55.1 Å². The lowest BCUT2D eigenvalue weighted by Crippen LogP contribution is -2.47. The van der Waals surface area contributed by atoms with Gasteiger partial charge in [-0.25, -0.2) is 0 Å².